The average Bonchev–Trinajstić information content (AvgIpc) is 2.33. The van der Waals surface area contributed by atoms with Gasteiger partial charge in [0.25, 0.3) is 5.56 Å². The molecule has 2 aromatic rings. The van der Waals surface area contributed by atoms with Crippen LogP contribution in [0.25, 0.3) is 10.8 Å². The van der Waals surface area contributed by atoms with E-state index in [1.165, 1.54) is 11.8 Å². The lowest BCUT2D eigenvalue weighted by Crippen LogP contribution is -2.18. The van der Waals surface area contributed by atoms with Crippen LogP contribution in [0.5, 0.6) is 0 Å². The lowest BCUT2D eigenvalue weighted by Gasteiger charge is -2.08. The van der Waals surface area contributed by atoms with Crippen molar-refractivity contribution in [1.29, 1.82) is 0 Å². The van der Waals surface area contributed by atoms with Gasteiger partial charge in [0.1, 0.15) is 0 Å². The minimum Gasteiger partial charge on any atom is -0.317 e. The van der Waals surface area contributed by atoms with Crippen LogP contribution in [0, 0.1) is 0 Å². The van der Waals surface area contributed by atoms with Crippen LogP contribution >= 0.6 is 24.0 Å². The van der Waals surface area contributed by atoms with Gasteiger partial charge in [-0.25, -0.2) is 0 Å². The summed E-state index contributed by atoms with van der Waals surface area (Å²) < 4.78 is 2.40. The molecule has 1 heterocycles. The topological polar surface area (TPSA) is 22.0 Å². The van der Waals surface area contributed by atoms with Crippen molar-refractivity contribution in [2.45, 2.75) is 0 Å². The summed E-state index contributed by atoms with van der Waals surface area (Å²) in [6.07, 6.45) is 3.76. The van der Waals surface area contributed by atoms with E-state index < -0.39 is 0 Å². The molecule has 0 bridgehead atoms. The minimum atomic E-state index is 0.0169. The molecule has 0 radical (unpaired) electrons. The van der Waals surface area contributed by atoms with Crippen molar-refractivity contribution < 1.29 is 0 Å². The molecular formula is C12H11NOS2. The van der Waals surface area contributed by atoms with Gasteiger partial charge >= 0.3 is 0 Å². The maximum atomic E-state index is 11.9. The van der Waals surface area contributed by atoms with Crippen LogP contribution in [-0.4, -0.2) is 15.0 Å². The normalized spacial score (nSPS) is 10.6. The number of aryl methyl sites for hydroxylation is 1. The van der Waals surface area contributed by atoms with Gasteiger partial charge in [0.15, 0.2) is 0 Å². The number of hydrogen-bond donors (Lipinski definition) is 0. The van der Waals surface area contributed by atoms with Gasteiger partial charge in [-0.3, -0.25) is 4.79 Å². The van der Waals surface area contributed by atoms with E-state index in [2.05, 4.69) is 0 Å². The van der Waals surface area contributed by atoms with Gasteiger partial charge in [-0.1, -0.05) is 30.4 Å². The van der Waals surface area contributed by atoms with E-state index in [-0.39, 0.29) is 5.56 Å². The maximum absolute atomic E-state index is 11.9. The summed E-state index contributed by atoms with van der Waals surface area (Å²) in [5, 5.41) is 1.66. The van der Waals surface area contributed by atoms with Crippen molar-refractivity contribution in [1.82, 2.24) is 4.57 Å². The highest BCUT2D eigenvalue weighted by Gasteiger charge is 2.09. The first-order chi connectivity index (χ1) is 7.65. The Kier molecular flexibility index (Phi) is 3.12. The molecule has 0 aliphatic carbocycles. The number of hydrogen-bond acceptors (Lipinski definition) is 3. The standard InChI is InChI=1S/C12H11NOS2/c1-13-7-10(12(15)16-2)8-5-3-4-6-9(8)11(13)14/h3-7H,1-2H3. The van der Waals surface area contributed by atoms with E-state index >= 15 is 0 Å². The van der Waals surface area contributed by atoms with Crippen LogP contribution in [-0.2, 0) is 7.05 Å². The van der Waals surface area contributed by atoms with E-state index in [0.29, 0.717) is 0 Å². The third-order valence-electron chi connectivity index (χ3n) is 2.50. The molecule has 16 heavy (non-hydrogen) atoms. The fourth-order valence-corrected chi connectivity index (χ4v) is 2.23. The summed E-state index contributed by atoms with van der Waals surface area (Å²) in [7, 11) is 1.75. The highest BCUT2D eigenvalue weighted by molar-refractivity contribution is 8.23. The Hall–Kier alpha value is -1.13. The van der Waals surface area contributed by atoms with Crippen molar-refractivity contribution in [2.24, 2.45) is 7.05 Å². The van der Waals surface area contributed by atoms with E-state index in [4.69, 9.17) is 12.2 Å². The van der Waals surface area contributed by atoms with Crippen molar-refractivity contribution >= 4 is 38.9 Å². The smallest absolute Gasteiger partial charge is 0.258 e. The lowest BCUT2D eigenvalue weighted by atomic mass is 10.1. The second-order valence-electron chi connectivity index (χ2n) is 3.50. The van der Waals surface area contributed by atoms with E-state index in [1.807, 2.05) is 36.7 Å². The first-order valence-corrected chi connectivity index (χ1v) is 6.45. The van der Waals surface area contributed by atoms with E-state index in [9.17, 15) is 4.79 Å². The predicted molar refractivity (Wildman–Crippen MR) is 74.4 cm³/mol. The van der Waals surface area contributed by atoms with Gasteiger partial charge < -0.3 is 4.57 Å². The molecule has 0 saturated heterocycles. The molecule has 0 atom stereocenters. The van der Waals surface area contributed by atoms with Crippen LogP contribution in [0.15, 0.2) is 35.3 Å². The number of fused-ring (bicyclic) bond motifs is 1. The number of rotatable bonds is 1. The van der Waals surface area contributed by atoms with Gasteiger partial charge in [0.05, 0.1) is 4.20 Å². The molecule has 0 aliphatic heterocycles. The Morgan fingerprint density at radius 1 is 1.31 bits per heavy atom. The van der Waals surface area contributed by atoms with Crippen molar-refractivity contribution in [2.75, 3.05) is 6.26 Å². The number of pyridine rings is 1. The number of nitrogens with zero attached hydrogens (tertiary/aromatic N) is 1. The lowest BCUT2D eigenvalue weighted by molar-refractivity contribution is 0.872. The van der Waals surface area contributed by atoms with Crippen LogP contribution in [0.4, 0.5) is 0 Å². The average molecular weight is 249 g/mol. The van der Waals surface area contributed by atoms with E-state index in [0.717, 1.165) is 20.5 Å². The fraction of sp³-hybridized carbons (Fsp3) is 0.167. The first kappa shape index (κ1) is 11.4. The Balaban J connectivity index is 2.90. The summed E-state index contributed by atoms with van der Waals surface area (Å²) in [4.78, 5) is 11.9. The highest BCUT2D eigenvalue weighted by atomic mass is 32.2. The third-order valence-corrected chi connectivity index (χ3v) is 3.81. The molecule has 4 heteroatoms. The zero-order valence-electron chi connectivity index (χ0n) is 9.06. The monoisotopic (exact) mass is 249 g/mol. The van der Waals surface area contributed by atoms with Crippen LogP contribution in [0.2, 0.25) is 0 Å². The third kappa shape index (κ3) is 1.79. The van der Waals surface area contributed by atoms with Crippen molar-refractivity contribution in [3.8, 4) is 0 Å². The summed E-state index contributed by atoms with van der Waals surface area (Å²) in [5.74, 6) is 0. The molecule has 2 nitrogen and oxygen atoms in total. The second kappa shape index (κ2) is 4.39. The molecule has 0 fully saturated rings. The molecule has 0 N–H and O–H groups in total. The number of aromatic nitrogens is 1. The number of thioether (sulfide) groups is 1. The molecule has 1 aromatic carbocycles. The van der Waals surface area contributed by atoms with Gasteiger partial charge in [0.2, 0.25) is 0 Å². The molecule has 1 aromatic heterocycles. The summed E-state index contributed by atoms with van der Waals surface area (Å²) in [5.41, 5.74) is 0.975. The van der Waals surface area contributed by atoms with Crippen molar-refractivity contribution in [3.05, 3.63) is 46.4 Å². The van der Waals surface area contributed by atoms with Crippen LogP contribution in [0.3, 0.4) is 0 Å². The van der Waals surface area contributed by atoms with E-state index in [1.54, 1.807) is 11.6 Å². The highest BCUT2D eigenvalue weighted by Crippen LogP contribution is 2.19. The minimum absolute atomic E-state index is 0.0169. The first-order valence-electron chi connectivity index (χ1n) is 4.82. The van der Waals surface area contributed by atoms with Gasteiger partial charge in [0, 0.05) is 24.2 Å². The summed E-state index contributed by atoms with van der Waals surface area (Å²) in [6, 6.07) is 7.57. The molecule has 0 amide bonds. The van der Waals surface area contributed by atoms with Crippen LogP contribution < -0.4 is 5.56 Å². The van der Waals surface area contributed by atoms with Gasteiger partial charge in [-0.2, -0.15) is 0 Å². The van der Waals surface area contributed by atoms with Gasteiger partial charge in [-0.15, -0.1) is 11.8 Å². The Bertz CT molecular complexity index is 616. The molecular weight excluding hydrogens is 238 g/mol. The van der Waals surface area contributed by atoms with Crippen LogP contribution in [0.1, 0.15) is 5.56 Å². The largest absolute Gasteiger partial charge is 0.317 e. The quantitative estimate of drug-likeness (QED) is 0.725. The Labute approximate surface area is 103 Å². The molecule has 82 valence electrons. The molecule has 0 aliphatic rings. The molecule has 0 unspecified atom stereocenters. The summed E-state index contributed by atoms with van der Waals surface area (Å²) in [6.45, 7) is 0. The zero-order valence-corrected chi connectivity index (χ0v) is 10.7. The Morgan fingerprint density at radius 3 is 2.56 bits per heavy atom. The molecule has 2 rings (SSSR count). The van der Waals surface area contributed by atoms with Gasteiger partial charge in [-0.05, 0) is 17.7 Å². The Morgan fingerprint density at radius 2 is 1.94 bits per heavy atom. The SMILES string of the molecule is CSC(=S)c1cn(C)c(=O)c2ccccc12. The van der Waals surface area contributed by atoms with Crippen molar-refractivity contribution in [3.63, 3.8) is 0 Å². The zero-order chi connectivity index (χ0) is 11.7. The predicted octanol–water partition coefficient (Wildman–Crippen LogP) is 2.58. The number of thiocarbonyl (C=S) groups is 1. The fourth-order valence-electron chi connectivity index (χ4n) is 1.69. The number of benzene rings is 1. The maximum Gasteiger partial charge on any atom is 0.258 e. The molecule has 0 spiro atoms. The second-order valence-corrected chi connectivity index (χ2v) is 4.98. The summed E-state index contributed by atoms with van der Waals surface area (Å²) >= 11 is 6.82. The molecule has 0 saturated carbocycles.